The Morgan fingerprint density at radius 2 is 1.58 bits per heavy atom. The Kier molecular flexibility index (Phi) is 5.29. The van der Waals surface area contributed by atoms with E-state index < -0.39 is 11.6 Å². The third-order valence-corrected chi connectivity index (χ3v) is 8.88. The molecule has 1 heterocycles. The van der Waals surface area contributed by atoms with Crippen molar-refractivity contribution < 1.29 is 19.2 Å². The second-order valence-electron chi connectivity index (χ2n) is 11.0. The third kappa shape index (κ3) is 3.72. The van der Waals surface area contributed by atoms with Crippen LogP contribution in [0.1, 0.15) is 69.8 Å². The molecule has 170 valence electrons. The summed E-state index contributed by atoms with van der Waals surface area (Å²) in [6.45, 7) is 1.36. The molecule has 7 rings (SSSR count). The molecule has 5 nitrogen and oxygen atoms in total. The second kappa shape index (κ2) is 8.02. The van der Waals surface area contributed by atoms with Crippen molar-refractivity contribution in [1.82, 2.24) is 0 Å². The van der Waals surface area contributed by atoms with Gasteiger partial charge in [-0.2, -0.15) is 9.78 Å². The lowest BCUT2D eigenvalue weighted by atomic mass is 9.53. The summed E-state index contributed by atoms with van der Waals surface area (Å²) in [6.07, 6.45) is 12.7. The first kappa shape index (κ1) is 20.5. The van der Waals surface area contributed by atoms with E-state index in [1.807, 2.05) is 0 Å². The van der Waals surface area contributed by atoms with Crippen LogP contribution in [0.5, 0.6) is 5.75 Å². The first-order valence-corrected chi connectivity index (χ1v) is 12.7. The van der Waals surface area contributed by atoms with Gasteiger partial charge in [0.1, 0.15) is 5.75 Å². The summed E-state index contributed by atoms with van der Waals surface area (Å²) in [5.41, 5.74) is 6.91. The standard InChI is InChI=1S/C26H37NO4/c27-10-1-11-28-24-4-2-18(3-5-24)12-19-6-8-25(9-7-19)29-26(31-30-25)22-14-20-13-21(16-22)17-23(26)15-20/h2-5,19-23H,1,6-17,27H2. The molecule has 6 fully saturated rings. The van der Waals surface area contributed by atoms with Crippen LogP contribution in [0.4, 0.5) is 0 Å². The summed E-state index contributed by atoms with van der Waals surface area (Å²) in [5.74, 6) is 3.60. The second-order valence-corrected chi connectivity index (χ2v) is 11.0. The molecule has 0 atom stereocenters. The fourth-order valence-corrected chi connectivity index (χ4v) is 7.45. The number of nitrogens with two attached hydrogens (primary N) is 1. The average molecular weight is 428 g/mol. The summed E-state index contributed by atoms with van der Waals surface area (Å²) < 4.78 is 12.6. The van der Waals surface area contributed by atoms with Crippen molar-refractivity contribution in [1.29, 1.82) is 0 Å². The lowest BCUT2D eigenvalue weighted by Crippen LogP contribution is -2.59. The van der Waals surface area contributed by atoms with Crippen LogP contribution >= 0.6 is 0 Å². The smallest absolute Gasteiger partial charge is 0.210 e. The van der Waals surface area contributed by atoms with Gasteiger partial charge in [0.05, 0.1) is 6.61 Å². The summed E-state index contributed by atoms with van der Waals surface area (Å²) in [6, 6.07) is 8.58. The Morgan fingerprint density at radius 1 is 0.903 bits per heavy atom. The molecule has 31 heavy (non-hydrogen) atoms. The van der Waals surface area contributed by atoms with E-state index in [1.54, 1.807) is 0 Å². The van der Waals surface area contributed by atoms with E-state index in [4.69, 9.17) is 25.0 Å². The van der Waals surface area contributed by atoms with Gasteiger partial charge in [-0.25, -0.2) is 0 Å². The maximum atomic E-state index is 6.85. The lowest BCUT2D eigenvalue weighted by molar-refractivity contribution is -0.390. The molecular formula is C26H37NO4. The van der Waals surface area contributed by atoms with Crippen LogP contribution in [-0.4, -0.2) is 24.7 Å². The Hall–Kier alpha value is -1.14. The monoisotopic (exact) mass is 427 g/mol. The van der Waals surface area contributed by atoms with Crippen molar-refractivity contribution >= 4 is 0 Å². The number of rotatable bonds is 6. The molecule has 1 saturated heterocycles. The summed E-state index contributed by atoms with van der Waals surface area (Å²) >= 11 is 0. The predicted octanol–water partition coefficient (Wildman–Crippen LogP) is 4.97. The summed E-state index contributed by atoms with van der Waals surface area (Å²) in [4.78, 5) is 12.2. The third-order valence-electron chi connectivity index (χ3n) is 8.88. The van der Waals surface area contributed by atoms with Crippen molar-refractivity contribution in [2.45, 2.75) is 82.2 Å². The van der Waals surface area contributed by atoms with Gasteiger partial charge in [-0.1, -0.05) is 12.1 Å². The number of ether oxygens (including phenoxy) is 2. The molecule has 4 bridgehead atoms. The van der Waals surface area contributed by atoms with Crippen molar-refractivity contribution in [3.8, 4) is 5.75 Å². The Morgan fingerprint density at radius 3 is 2.23 bits per heavy atom. The van der Waals surface area contributed by atoms with E-state index in [-0.39, 0.29) is 0 Å². The van der Waals surface area contributed by atoms with Gasteiger partial charge in [-0.3, -0.25) is 0 Å². The molecule has 2 spiro atoms. The molecule has 1 aromatic carbocycles. The molecule has 0 radical (unpaired) electrons. The molecule has 0 unspecified atom stereocenters. The highest BCUT2D eigenvalue weighted by Crippen LogP contribution is 2.63. The summed E-state index contributed by atoms with van der Waals surface area (Å²) in [7, 11) is 0. The minimum Gasteiger partial charge on any atom is -0.494 e. The zero-order valence-corrected chi connectivity index (χ0v) is 18.6. The van der Waals surface area contributed by atoms with Crippen LogP contribution in [0.2, 0.25) is 0 Å². The van der Waals surface area contributed by atoms with Crippen LogP contribution in [0.3, 0.4) is 0 Å². The largest absolute Gasteiger partial charge is 0.494 e. The molecule has 5 heteroatoms. The van der Waals surface area contributed by atoms with E-state index in [1.165, 1.54) is 37.7 Å². The Bertz CT molecular complexity index is 742. The highest BCUT2D eigenvalue weighted by atomic mass is 17.3. The Balaban J connectivity index is 1.04. The zero-order chi connectivity index (χ0) is 20.9. The number of hydrogen-bond donors (Lipinski definition) is 1. The summed E-state index contributed by atoms with van der Waals surface area (Å²) in [5, 5.41) is 0. The fourth-order valence-electron chi connectivity index (χ4n) is 7.45. The van der Waals surface area contributed by atoms with Gasteiger partial charge in [0.2, 0.25) is 11.6 Å². The van der Waals surface area contributed by atoms with Crippen molar-refractivity contribution in [3.63, 3.8) is 0 Å². The van der Waals surface area contributed by atoms with Crippen LogP contribution in [0, 0.1) is 29.6 Å². The van der Waals surface area contributed by atoms with Gasteiger partial charge >= 0.3 is 0 Å². The van der Waals surface area contributed by atoms with Gasteiger partial charge in [0.15, 0.2) is 0 Å². The topological polar surface area (TPSA) is 62.9 Å². The van der Waals surface area contributed by atoms with Gasteiger partial charge in [0.25, 0.3) is 0 Å². The highest BCUT2D eigenvalue weighted by Gasteiger charge is 2.66. The van der Waals surface area contributed by atoms with Crippen molar-refractivity contribution in [2.75, 3.05) is 13.2 Å². The molecule has 5 saturated carbocycles. The predicted molar refractivity (Wildman–Crippen MR) is 117 cm³/mol. The molecule has 0 amide bonds. The Labute approximate surface area is 185 Å². The fraction of sp³-hybridized carbons (Fsp3) is 0.769. The van der Waals surface area contributed by atoms with Crippen molar-refractivity contribution in [2.24, 2.45) is 35.3 Å². The normalized spacial score (nSPS) is 43.2. The molecule has 2 N–H and O–H groups in total. The van der Waals surface area contributed by atoms with E-state index in [0.29, 0.717) is 30.9 Å². The average Bonchev–Trinajstić information content (AvgIpc) is 3.15. The van der Waals surface area contributed by atoms with Crippen LogP contribution in [-0.2, 0) is 20.9 Å². The van der Waals surface area contributed by atoms with Gasteiger partial charge in [-0.15, -0.1) is 0 Å². The minimum absolute atomic E-state index is 0.431. The van der Waals surface area contributed by atoms with Gasteiger partial charge in [0, 0.05) is 24.7 Å². The first-order valence-electron chi connectivity index (χ1n) is 12.7. The van der Waals surface area contributed by atoms with Crippen LogP contribution < -0.4 is 10.5 Å². The van der Waals surface area contributed by atoms with E-state index in [0.717, 1.165) is 56.1 Å². The lowest BCUT2D eigenvalue weighted by Gasteiger charge is -2.57. The van der Waals surface area contributed by atoms with Crippen LogP contribution in [0.25, 0.3) is 0 Å². The maximum absolute atomic E-state index is 6.85. The highest BCUT2D eigenvalue weighted by molar-refractivity contribution is 5.27. The van der Waals surface area contributed by atoms with Crippen molar-refractivity contribution in [3.05, 3.63) is 29.8 Å². The minimum atomic E-state index is -0.493. The molecule has 0 aromatic heterocycles. The van der Waals surface area contributed by atoms with Gasteiger partial charge in [-0.05, 0) is 99.8 Å². The quantitative estimate of drug-likeness (QED) is 0.513. The van der Waals surface area contributed by atoms with E-state index in [2.05, 4.69) is 24.3 Å². The molecule has 1 aromatic rings. The number of benzene rings is 1. The first-order chi connectivity index (χ1) is 15.2. The molecular weight excluding hydrogens is 390 g/mol. The van der Waals surface area contributed by atoms with E-state index >= 15 is 0 Å². The SMILES string of the molecule is NCCCOc1ccc(CC2CCC3(CC2)OOC2(O3)C3CC4CC(C3)CC2C4)cc1. The van der Waals surface area contributed by atoms with Crippen LogP contribution in [0.15, 0.2) is 24.3 Å². The van der Waals surface area contributed by atoms with E-state index in [9.17, 15) is 0 Å². The molecule has 1 aliphatic heterocycles. The maximum Gasteiger partial charge on any atom is 0.210 e. The number of hydrogen-bond acceptors (Lipinski definition) is 5. The van der Waals surface area contributed by atoms with Gasteiger partial charge < -0.3 is 15.2 Å². The molecule has 6 aliphatic rings. The molecule has 5 aliphatic carbocycles. The zero-order valence-electron chi connectivity index (χ0n) is 18.6.